The molecule has 1 aromatic carbocycles. The second-order valence-electron chi connectivity index (χ2n) is 6.91. The van der Waals surface area contributed by atoms with Crippen LogP contribution in [0, 0.1) is 0 Å². The minimum atomic E-state index is -4.62. The molecular formula is C18H19F3N4O3. The van der Waals surface area contributed by atoms with Crippen LogP contribution < -0.4 is 10.8 Å². The van der Waals surface area contributed by atoms with E-state index >= 15 is 0 Å². The van der Waals surface area contributed by atoms with Gasteiger partial charge in [-0.1, -0.05) is 18.2 Å². The number of anilines is 1. The number of alkyl halides is 3. The number of halogens is 3. The highest BCUT2D eigenvalue weighted by Gasteiger charge is 2.42. The number of aliphatic hydroxyl groups is 1. The van der Waals surface area contributed by atoms with Gasteiger partial charge in [-0.15, -0.1) is 0 Å². The molecule has 150 valence electrons. The van der Waals surface area contributed by atoms with E-state index in [0.717, 1.165) is 17.8 Å². The molecule has 4 N–H and O–H groups in total. The van der Waals surface area contributed by atoms with E-state index < -0.39 is 29.7 Å². The van der Waals surface area contributed by atoms with Crippen LogP contribution in [0.4, 0.5) is 23.7 Å². The highest BCUT2D eigenvalue weighted by Crippen LogP contribution is 2.41. The van der Waals surface area contributed by atoms with Gasteiger partial charge in [0.25, 0.3) is 0 Å². The van der Waals surface area contributed by atoms with E-state index in [9.17, 15) is 23.1 Å². The Balaban J connectivity index is 1.88. The van der Waals surface area contributed by atoms with Crippen molar-refractivity contribution in [2.24, 2.45) is 0 Å². The molecule has 2 heterocycles. The molecule has 10 heteroatoms. The van der Waals surface area contributed by atoms with Crippen molar-refractivity contribution in [3.8, 4) is 0 Å². The van der Waals surface area contributed by atoms with Crippen LogP contribution in [0.5, 0.6) is 0 Å². The van der Waals surface area contributed by atoms with Gasteiger partial charge in [0.05, 0.1) is 5.54 Å². The van der Waals surface area contributed by atoms with Crippen LogP contribution in [0.25, 0.3) is 0 Å². The molecule has 1 unspecified atom stereocenters. The summed E-state index contributed by atoms with van der Waals surface area (Å²) in [6.45, 7) is 3.68. The third-order valence-electron chi connectivity index (χ3n) is 4.83. The highest BCUT2D eigenvalue weighted by atomic mass is 19.4. The lowest BCUT2D eigenvalue weighted by molar-refractivity contribution is -0.141. The Hall–Kier alpha value is -2.69. The molecule has 1 aliphatic heterocycles. The van der Waals surface area contributed by atoms with Gasteiger partial charge in [0.15, 0.2) is 6.23 Å². The molecule has 28 heavy (non-hydrogen) atoms. The molecule has 0 saturated carbocycles. The first-order valence-electron chi connectivity index (χ1n) is 8.37. The van der Waals surface area contributed by atoms with Crippen LogP contribution >= 0.6 is 0 Å². The van der Waals surface area contributed by atoms with Gasteiger partial charge >= 0.3 is 12.2 Å². The molecule has 0 aliphatic carbocycles. The molecule has 7 nitrogen and oxygen atoms in total. The SMILES string of the molecule is CC1(C)c2cccc(C(O)NO)c2CN1C(=O)Nc1ccnc(C(F)(F)F)c1. The molecule has 0 fully saturated rings. The first kappa shape index (κ1) is 20.1. The average Bonchev–Trinajstić information content (AvgIpc) is 2.92. The Morgan fingerprint density at radius 3 is 2.68 bits per heavy atom. The van der Waals surface area contributed by atoms with Crippen molar-refractivity contribution in [2.45, 2.75) is 38.3 Å². The molecule has 0 bridgehead atoms. The number of hydrogen-bond acceptors (Lipinski definition) is 5. The van der Waals surface area contributed by atoms with Gasteiger partial charge in [-0.2, -0.15) is 18.7 Å². The second-order valence-corrected chi connectivity index (χ2v) is 6.91. The number of pyridine rings is 1. The number of nitrogens with one attached hydrogen (secondary N) is 2. The maximum atomic E-state index is 12.8. The molecule has 0 saturated heterocycles. The van der Waals surface area contributed by atoms with Crippen LogP contribution in [0.3, 0.4) is 0 Å². The number of fused-ring (bicyclic) bond motifs is 1. The first-order valence-corrected chi connectivity index (χ1v) is 8.37. The minimum Gasteiger partial charge on any atom is -0.372 e. The maximum Gasteiger partial charge on any atom is 0.433 e. The van der Waals surface area contributed by atoms with E-state index in [1.165, 1.54) is 11.0 Å². The average molecular weight is 396 g/mol. The Labute approximate surface area is 158 Å². The molecule has 2 amide bonds. The second kappa shape index (κ2) is 7.04. The third kappa shape index (κ3) is 3.53. The lowest BCUT2D eigenvalue weighted by Crippen LogP contribution is -2.42. The van der Waals surface area contributed by atoms with Crippen LogP contribution in [-0.4, -0.2) is 26.2 Å². The zero-order valence-electron chi connectivity index (χ0n) is 15.1. The van der Waals surface area contributed by atoms with Crippen LogP contribution in [0.15, 0.2) is 36.5 Å². The van der Waals surface area contributed by atoms with Gasteiger partial charge in [0.1, 0.15) is 5.69 Å². The fourth-order valence-electron chi connectivity index (χ4n) is 3.36. The molecule has 1 aromatic heterocycles. The molecule has 0 spiro atoms. The van der Waals surface area contributed by atoms with Crippen molar-refractivity contribution in [1.82, 2.24) is 15.4 Å². The number of hydroxylamine groups is 1. The number of hydrogen-bond donors (Lipinski definition) is 4. The monoisotopic (exact) mass is 396 g/mol. The number of carbonyl (C=O) groups is 1. The summed E-state index contributed by atoms with van der Waals surface area (Å²) in [5, 5.41) is 21.4. The van der Waals surface area contributed by atoms with Crippen LogP contribution in [0.1, 0.15) is 42.5 Å². The molecule has 1 aliphatic rings. The molecule has 0 radical (unpaired) electrons. The van der Waals surface area contributed by atoms with E-state index in [-0.39, 0.29) is 12.2 Å². The van der Waals surface area contributed by atoms with Gasteiger partial charge in [-0.3, -0.25) is 4.98 Å². The quantitative estimate of drug-likeness (QED) is 0.471. The number of rotatable bonds is 3. The highest BCUT2D eigenvalue weighted by molar-refractivity contribution is 5.90. The summed E-state index contributed by atoms with van der Waals surface area (Å²) in [6, 6.07) is 6.54. The summed E-state index contributed by atoms with van der Waals surface area (Å²) in [5.74, 6) is 0. The number of aromatic nitrogens is 1. The zero-order chi connectivity index (χ0) is 20.7. The van der Waals surface area contributed by atoms with Crippen molar-refractivity contribution in [3.05, 3.63) is 58.9 Å². The van der Waals surface area contributed by atoms with E-state index in [1.807, 2.05) is 0 Å². The smallest absolute Gasteiger partial charge is 0.372 e. The predicted molar refractivity (Wildman–Crippen MR) is 93.2 cm³/mol. The van der Waals surface area contributed by atoms with Gasteiger partial charge in [-0.25, -0.2) is 4.79 Å². The normalized spacial score (nSPS) is 16.6. The number of carbonyl (C=O) groups excluding carboxylic acids is 1. The molecular weight excluding hydrogens is 377 g/mol. The number of benzene rings is 1. The Bertz CT molecular complexity index is 902. The third-order valence-corrected chi connectivity index (χ3v) is 4.83. The zero-order valence-corrected chi connectivity index (χ0v) is 15.1. The van der Waals surface area contributed by atoms with E-state index in [2.05, 4.69) is 10.3 Å². The summed E-state index contributed by atoms with van der Waals surface area (Å²) in [6.07, 6.45) is -4.97. The Morgan fingerprint density at radius 1 is 1.32 bits per heavy atom. The van der Waals surface area contributed by atoms with E-state index in [0.29, 0.717) is 11.1 Å². The fraction of sp³-hybridized carbons (Fsp3) is 0.333. The lowest BCUT2D eigenvalue weighted by atomic mass is 9.91. The van der Waals surface area contributed by atoms with Crippen LogP contribution in [-0.2, 0) is 18.3 Å². The van der Waals surface area contributed by atoms with Crippen molar-refractivity contribution in [3.63, 3.8) is 0 Å². The standard InChI is InChI=1S/C18H19F3N4O3/c1-17(2)13-5-3-4-11(15(26)24-28)12(13)9-25(17)16(27)23-10-6-7-22-14(8-10)18(19,20)21/h3-8,15,24,26,28H,9H2,1-2H3,(H,22,23,27). The van der Waals surface area contributed by atoms with Gasteiger partial charge in [0, 0.05) is 24.0 Å². The van der Waals surface area contributed by atoms with Gasteiger partial charge < -0.3 is 20.5 Å². The summed E-state index contributed by atoms with van der Waals surface area (Å²) in [5.41, 5.74) is 1.67. The first-order chi connectivity index (χ1) is 13.1. The molecule has 2 aromatic rings. The largest absolute Gasteiger partial charge is 0.433 e. The fourth-order valence-corrected chi connectivity index (χ4v) is 3.36. The summed E-state index contributed by atoms with van der Waals surface area (Å²) in [4.78, 5) is 17.5. The lowest BCUT2D eigenvalue weighted by Gasteiger charge is -2.32. The van der Waals surface area contributed by atoms with Gasteiger partial charge in [0.2, 0.25) is 0 Å². The summed E-state index contributed by atoms with van der Waals surface area (Å²) in [7, 11) is 0. The Morgan fingerprint density at radius 2 is 2.04 bits per heavy atom. The number of urea groups is 1. The summed E-state index contributed by atoms with van der Waals surface area (Å²) < 4.78 is 38.5. The van der Waals surface area contributed by atoms with E-state index in [4.69, 9.17) is 5.21 Å². The number of amides is 2. The van der Waals surface area contributed by atoms with E-state index in [1.54, 1.807) is 37.5 Å². The van der Waals surface area contributed by atoms with Crippen molar-refractivity contribution in [2.75, 3.05) is 5.32 Å². The minimum absolute atomic E-state index is 0.0311. The van der Waals surface area contributed by atoms with Crippen molar-refractivity contribution >= 4 is 11.7 Å². The van der Waals surface area contributed by atoms with Gasteiger partial charge in [-0.05, 0) is 37.1 Å². The topological polar surface area (TPSA) is 97.7 Å². The Kier molecular flexibility index (Phi) is 5.04. The number of aliphatic hydroxyl groups excluding tert-OH is 1. The van der Waals surface area contributed by atoms with Crippen LogP contribution in [0.2, 0.25) is 0 Å². The van der Waals surface area contributed by atoms with Crippen molar-refractivity contribution < 1.29 is 28.3 Å². The van der Waals surface area contributed by atoms with Crippen molar-refractivity contribution in [1.29, 1.82) is 0 Å². The maximum absolute atomic E-state index is 12.8. The molecule has 1 atom stereocenters. The summed E-state index contributed by atoms with van der Waals surface area (Å²) >= 11 is 0. The predicted octanol–water partition coefficient (Wildman–Crippen LogP) is 3.35. The number of nitrogens with zero attached hydrogens (tertiary/aromatic N) is 2. The molecule has 3 rings (SSSR count).